The molecule has 0 spiro atoms. The lowest BCUT2D eigenvalue weighted by molar-refractivity contribution is 0.566. The van der Waals surface area contributed by atoms with E-state index in [0.29, 0.717) is 4.90 Å². The summed E-state index contributed by atoms with van der Waals surface area (Å²) in [6.07, 6.45) is 2.49. The van der Waals surface area contributed by atoms with Crippen LogP contribution < -0.4 is 9.62 Å². The van der Waals surface area contributed by atoms with Gasteiger partial charge in [0.25, 0.3) is 0 Å². The van der Waals surface area contributed by atoms with Gasteiger partial charge in [0.15, 0.2) is 0 Å². The number of anilines is 1. The second-order valence-corrected chi connectivity index (χ2v) is 8.58. The topological polar surface area (TPSA) is 49.4 Å². The first-order valence-electron chi connectivity index (χ1n) is 8.81. The van der Waals surface area contributed by atoms with Gasteiger partial charge in [-0.05, 0) is 68.5 Å². The zero-order valence-electron chi connectivity index (χ0n) is 15.1. The van der Waals surface area contributed by atoms with Crippen molar-refractivity contribution in [3.63, 3.8) is 0 Å². The molecule has 2 aromatic carbocycles. The van der Waals surface area contributed by atoms with Gasteiger partial charge in [0, 0.05) is 24.8 Å². The van der Waals surface area contributed by atoms with Crippen LogP contribution >= 0.6 is 0 Å². The predicted octanol–water partition coefficient (Wildman–Crippen LogP) is 3.94. The molecule has 0 aromatic heterocycles. The van der Waals surface area contributed by atoms with E-state index in [2.05, 4.69) is 21.8 Å². The van der Waals surface area contributed by atoms with Crippen LogP contribution in [0.3, 0.4) is 0 Å². The highest BCUT2D eigenvalue weighted by atomic mass is 32.2. The van der Waals surface area contributed by atoms with Crippen LogP contribution in [0.15, 0.2) is 47.4 Å². The molecule has 1 aliphatic rings. The van der Waals surface area contributed by atoms with Crippen molar-refractivity contribution in [3.05, 3.63) is 59.2 Å². The second kappa shape index (κ2) is 7.18. The van der Waals surface area contributed by atoms with Crippen LogP contribution in [0, 0.1) is 13.8 Å². The zero-order valence-corrected chi connectivity index (χ0v) is 15.9. The van der Waals surface area contributed by atoms with E-state index < -0.39 is 10.0 Å². The molecular formula is C20H26N2O2S. The van der Waals surface area contributed by atoms with Gasteiger partial charge in [0.2, 0.25) is 10.0 Å². The summed E-state index contributed by atoms with van der Waals surface area (Å²) in [5, 5.41) is 0. The average Bonchev–Trinajstić information content (AvgIpc) is 3.11. The Balaban J connectivity index is 1.76. The van der Waals surface area contributed by atoms with Crippen LogP contribution in [0.5, 0.6) is 0 Å². The van der Waals surface area contributed by atoms with Gasteiger partial charge >= 0.3 is 0 Å². The fourth-order valence-corrected chi connectivity index (χ4v) is 4.87. The van der Waals surface area contributed by atoms with Gasteiger partial charge in [-0.1, -0.05) is 24.3 Å². The Labute approximate surface area is 150 Å². The van der Waals surface area contributed by atoms with Crippen LogP contribution in [-0.2, 0) is 10.0 Å². The molecule has 1 N–H and O–H groups in total. The fraction of sp³-hybridized carbons (Fsp3) is 0.400. The molecule has 3 rings (SSSR count). The van der Waals surface area contributed by atoms with Crippen molar-refractivity contribution in [1.29, 1.82) is 0 Å². The van der Waals surface area contributed by atoms with Crippen molar-refractivity contribution in [2.45, 2.75) is 44.6 Å². The van der Waals surface area contributed by atoms with E-state index in [1.807, 2.05) is 45.0 Å². The quantitative estimate of drug-likeness (QED) is 0.881. The van der Waals surface area contributed by atoms with E-state index in [1.54, 1.807) is 6.07 Å². The second-order valence-electron chi connectivity index (χ2n) is 6.90. The number of aryl methyl sites for hydroxylation is 2. The molecule has 0 amide bonds. The van der Waals surface area contributed by atoms with Crippen molar-refractivity contribution >= 4 is 15.7 Å². The van der Waals surface area contributed by atoms with Gasteiger partial charge < -0.3 is 4.90 Å². The molecule has 1 heterocycles. The minimum Gasteiger partial charge on any atom is -0.372 e. The number of nitrogens with one attached hydrogen (secondary N) is 1. The molecule has 1 saturated heterocycles. The molecule has 25 heavy (non-hydrogen) atoms. The maximum absolute atomic E-state index is 12.7. The maximum atomic E-state index is 12.7. The lowest BCUT2D eigenvalue weighted by Gasteiger charge is -2.20. The molecule has 5 heteroatoms. The van der Waals surface area contributed by atoms with Crippen LogP contribution in [0.2, 0.25) is 0 Å². The van der Waals surface area contributed by atoms with E-state index in [4.69, 9.17) is 0 Å². The first-order chi connectivity index (χ1) is 11.9. The lowest BCUT2D eigenvalue weighted by Crippen LogP contribution is -2.27. The number of benzene rings is 2. The molecule has 0 unspecified atom stereocenters. The Morgan fingerprint density at radius 2 is 1.64 bits per heavy atom. The van der Waals surface area contributed by atoms with Crippen molar-refractivity contribution in [3.8, 4) is 0 Å². The standard InChI is InChI=1S/C20H26N2O2S/c1-15-6-7-16(2)20(14-15)25(23,24)21-17(3)18-8-10-19(11-9-18)22-12-4-5-13-22/h6-11,14,17,21H,4-5,12-13H2,1-3H3/t17-/m0/s1. The summed E-state index contributed by atoms with van der Waals surface area (Å²) in [7, 11) is -3.55. The normalized spacial score (nSPS) is 16.2. The van der Waals surface area contributed by atoms with Crippen LogP contribution in [0.1, 0.15) is 42.5 Å². The first kappa shape index (κ1) is 18.0. The van der Waals surface area contributed by atoms with E-state index >= 15 is 0 Å². The fourth-order valence-electron chi connectivity index (χ4n) is 3.31. The summed E-state index contributed by atoms with van der Waals surface area (Å²) in [4.78, 5) is 2.72. The van der Waals surface area contributed by atoms with Gasteiger partial charge in [-0.15, -0.1) is 0 Å². The molecule has 1 aliphatic heterocycles. The highest BCUT2D eigenvalue weighted by Gasteiger charge is 2.21. The van der Waals surface area contributed by atoms with E-state index in [-0.39, 0.29) is 6.04 Å². The minimum absolute atomic E-state index is 0.280. The number of rotatable bonds is 5. The molecule has 134 valence electrons. The number of hydrogen-bond donors (Lipinski definition) is 1. The summed E-state index contributed by atoms with van der Waals surface area (Å²) in [6, 6.07) is 13.4. The summed E-state index contributed by atoms with van der Waals surface area (Å²) < 4.78 is 28.3. The van der Waals surface area contributed by atoms with Crippen LogP contribution in [0.4, 0.5) is 5.69 Å². The Morgan fingerprint density at radius 3 is 2.28 bits per heavy atom. The van der Waals surface area contributed by atoms with Gasteiger partial charge in [-0.3, -0.25) is 0 Å². The molecular weight excluding hydrogens is 332 g/mol. The SMILES string of the molecule is Cc1ccc(C)c(S(=O)(=O)N[C@@H](C)c2ccc(N3CCCC3)cc2)c1. The molecule has 1 fully saturated rings. The van der Waals surface area contributed by atoms with Gasteiger partial charge in [0.05, 0.1) is 4.90 Å². The minimum atomic E-state index is -3.55. The third-order valence-electron chi connectivity index (χ3n) is 4.83. The Hall–Kier alpha value is -1.85. The van der Waals surface area contributed by atoms with Crippen LogP contribution in [-0.4, -0.2) is 21.5 Å². The smallest absolute Gasteiger partial charge is 0.241 e. The van der Waals surface area contributed by atoms with Crippen molar-refractivity contribution in [1.82, 2.24) is 4.72 Å². The van der Waals surface area contributed by atoms with Gasteiger partial charge in [0.1, 0.15) is 0 Å². The first-order valence-corrected chi connectivity index (χ1v) is 10.3. The highest BCUT2D eigenvalue weighted by molar-refractivity contribution is 7.89. The van der Waals surface area contributed by atoms with E-state index in [0.717, 1.165) is 29.8 Å². The number of hydrogen-bond acceptors (Lipinski definition) is 3. The van der Waals surface area contributed by atoms with Crippen LogP contribution in [0.25, 0.3) is 0 Å². The third kappa shape index (κ3) is 4.05. The lowest BCUT2D eigenvalue weighted by atomic mass is 10.1. The number of sulfonamides is 1. The molecule has 2 aromatic rings. The summed E-state index contributed by atoms with van der Waals surface area (Å²) in [5.41, 5.74) is 3.88. The van der Waals surface area contributed by atoms with Crippen molar-refractivity contribution in [2.75, 3.05) is 18.0 Å². The Morgan fingerprint density at radius 1 is 1.00 bits per heavy atom. The van der Waals surface area contributed by atoms with Gasteiger partial charge in [-0.25, -0.2) is 13.1 Å². The Bertz CT molecular complexity index is 838. The third-order valence-corrected chi connectivity index (χ3v) is 6.51. The van der Waals surface area contributed by atoms with E-state index in [1.165, 1.54) is 18.5 Å². The summed E-state index contributed by atoms with van der Waals surface area (Å²) >= 11 is 0. The highest BCUT2D eigenvalue weighted by Crippen LogP contribution is 2.24. The molecule has 0 bridgehead atoms. The van der Waals surface area contributed by atoms with Gasteiger partial charge in [-0.2, -0.15) is 0 Å². The van der Waals surface area contributed by atoms with Crippen molar-refractivity contribution < 1.29 is 8.42 Å². The zero-order chi connectivity index (χ0) is 18.0. The average molecular weight is 359 g/mol. The Kier molecular flexibility index (Phi) is 5.16. The van der Waals surface area contributed by atoms with E-state index in [9.17, 15) is 8.42 Å². The molecule has 4 nitrogen and oxygen atoms in total. The van der Waals surface area contributed by atoms with Crippen molar-refractivity contribution in [2.24, 2.45) is 0 Å². The monoisotopic (exact) mass is 358 g/mol. The molecule has 0 saturated carbocycles. The summed E-state index contributed by atoms with van der Waals surface area (Å²) in [6.45, 7) is 7.82. The largest absolute Gasteiger partial charge is 0.372 e. The summed E-state index contributed by atoms with van der Waals surface area (Å²) in [5.74, 6) is 0. The molecule has 0 radical (unpaired) electrons. The predicted molar refractivity (Wildman–Crippen MR) is 103 cm³/mol. The number of nitrogens with zero attached hydrogens (tertiary/aromatic N) is 1. The molecule has 0 aliphatic carbocycles. The molecule has 1 atom stereocenters. The maximum Gasteiger partial charge on any atom is 0.241 e.